The van der Waals surface area contributed by atoms with Gasteiger partial charge in [-0.1, -0.05) is 125 Å². The second kappa shape index (κ2) is 9.42. The molecule has 0 spiro atoms. The highest BCUT2D eigenvalue weighted by molar-refractivity contribution is 6.23. The maximum Gasteiger partial charge on any atom is 0.159 e. The van der Waals surface area contributed by atoms with Gasteiger partial charge < -0.3 is 0 Å². The third-order valence-corrected chi connectivity index (χ3v) is 11.0. The first-order chi connectivity index (χ1) is 23.3. The number of hydrogen-bond donors (Lipinski definition) is 0. The molecule has 0 unspecified atom stereocenters. The first-order valence-corrected chi connectivity index (χ1v) is 16.6. The number of aromatic nitrogens is 4. The Morgan fingerprint density at radius 1 is 0.396 bits per heavy atom. The summed E-state index contributed by atoms with van der Waals surface area (Å²) in [5.41, 5.74) is 14.0. The van der Waals surface area contributed by atoms with Crippen LogP contribution in [-0.4, -0.2) is 19.9 Å². The van der Waals surface area contributed by atoms with Crippen LogP contribution in [0, 0.1) is 0 Å². The van der Waals surface area contributed by atoms with Crippen LogP contribution in [0.3, 0.4) is 0 Å². The van der Waals surface area contributed by atoms with Gasteiger partial charge in [0.15, 0.2) is 11.6 Å². The van der Waals surface area contributed by atoms with Crippen LogP contribution in [-0.2, 0) is 10.8 Å². The third-order valence-electron chi connectivity index (χ3n) is 11.0. The molecule has 8 aromatic rings. The molecule has 0 saturated heterocycles. The highest BCUT2D eigenvalue weighted by Crippen LogP contribution is 2.51. The maximum absolute atomic E-state index is 5.29. The van der Waals surface area contributed by atoms with E-state index in [-0.39, 0.29) is 10.8 Å². The average Bonchev–Trinajstić information content (AvgIpc) is 3.50. The molecule has 0 atom stereocenters. The van der Waals surface area contributed by atoms with E-state index in [2.05, 4.69) is 137 Å². The Balaban J connectivity index is 1.17. The Hall–Kier alpha value is -5.74. The molecule has 2 aliphatic carbocycles. The number of rotatable bonds is 2. The quantitative estimate of drug-likeness (QED) is 0.181. The van der Waals surface area contributed by atoms with Crippen molar-refractivity contribution >= 4 is 32.6 Å². The van der Waals surface area contributed by atoms with E-state index >= 15 is 0 Å². The lowest BCUT2D eigenvalue weighted by Crippen LogP contribution is -2.15. The van der Waals surface area contributed by atoms with Crippen molar-refractivity contribution in [2.45, 2.75) is 38.5 Å². The van der Waals surface area contributed by atoms with Crippen LogP contribution in [0.5, 0.6) is 0 Å². The predicted octanol–water partition coefficient (Wildman–Crippen LogP) is 10.7. The average molecular weight is 617 g/mol. The SMILES string of the molecule is CC1(C)c2ccccc2-c2ccc(-c3ncc4c5ccccc5c5cnc(-c6ccc7c(c6)C(C)(C)c6ccccc6-7)nc5c4n3)cc21. The van der Waals surface area contributed by atoms with Gasteiger partial charge in [0.1, 0.15) is 11.0 Å². The molecule has 4 nitrogen and oxygen atoms in total. The summed E-state index contributed by atoms with van der Waals surface area (Å²) in [6, 6.07) is 39.2. The minimum atomic E-state index is -0.102. The molecule has 48 heavy (non-hydrogen) atoms. The second-order valence-electron chi connectivity index (χ2n) is 14.3. The first-order valence-electron chi connectivity index (χ1n) is 16.6. The Labute approximate surface area is 279 Å². The lowest BCUT2D eigenvalue weighted by molar-refractivity contribution is 0.660. The van der Waals surface area contributed by atoms with Crippen LogP contribution in [0.1, 0.15) is 49.9 Å². The number of fused-ring (bicyclic) bond motifs is 12. The second-order valence-corrected chi connectivity index (χ2v) is 14.3. The Kier molecular flexibility index (Phi) is 5.37. The van der Waals surface area contributed by atoms with E-state index in [1.807, 2.05) is 12.4 Å². The number of benzene rings is 6. The molecular formula is C44H32N4. The van der Waals surface area contributed by atoms with Gasteiger partial charge in [0.2, 0.25) is 0 Å². The summed E-state index contributed by atoms with van der Waals surface area (Å²) in [5.74, 6) is 1.40. The molecule has 0 saturated carbocycles. The molecule has 4 heteroatoms. The predicted molar refractivity (Wildman–Crippen MR) is 196 cm³/mol. The van der Waals surface area contributed by atoms with Crippen LogP contribution in [0.25, 0.3) is 77.6 Å². The summed E-state index contributed by atoms with van der Waals surface area (Å²) in [7, 11) is 0. The van der Waals surface area contributed by atoms with Crippen molar-refractivity contribution in [2.75, 3.05) is 0 Å². The van der Waals surface area contributed by atoms with Gasteiger partial charge in [-0.15, -0.1) is 0 Å². The summed E-state index contributed by atoms with van der Waals surface area (Å²) < 4.78 is 0. The molecule has 0 radical (unpaired) electrons. The van der Waals surface area contributed by atoms with Crippen molar-refractivity contribution in [3.8, 4) is 45.0 Å². The molecule has 228 valence electrons. The van der Waals surface area contributed by atoms with Crippen LogP contribution < -0.4 is 0 Å². The molecule has 2 aliphatic rings. The summed E-state index contributed by atoms with van der Waals surface area (Å²) >= 11 is 0. The minimum Gasteiger partial charge on any atom is -0.236 e. The summed E-state index contributed by atoms with van der Waals surface area (Å²) in [6.45, 7) is 9.22. The van der Waals surface area contributed by atoms with E-state index in [0.717, 1.165) is 43.7 Å². The zero-order chi connectivity index (χ0) is 32.4. The van der Waals surface area contributed by atoms with E-state index in [1.165, 1.54) is 44.5 Å². The normalized spacial score (nSPS) is 15.0. The monoisotopic (exact) mass is 616 g/mol. The van der Waals surface area contributed by atoms with Gasteiger partial charge in [0.25, 0.3) is 0 Å². The van der Waals surface area contributed by atoms with Crippen molar-refractivity contribution in [2.24, 2.45) is 0 Å². The van der Waals surface area contributed by atoms with Crippen molar-refractivity contribution in [3.05, 3.63) is 144 Å². The largest absolute Gasteiger partial charge is 0.236 e. The Bertz CT molecular complexity index is 2500. The van der Waals surface area contributed by atoms with Crippen LogP contribution in [0.2, 0.25) is 0 Å². The standard InChI is InChI=1S/C44H32N4/c1-43(2)35-15-9-7-13-29(35)31-19-17-25(21-37(31)43)41-45-23-33-27-11-5-6-12-28(27)34-24-46-42(48-40(34)39(33)47-41)26-18-20-32-30-14-8-10-16-36(30)44(3,4)38(32)22-26/h5-24H,1-4H3. The van der Waals surface area contributed by atoms with E-state index in [0.29, 0.717) is 11.6 Å². The van der Waals surface area contributed by atoms with Crippen LogP contribution in [0.4, 0.5) is 0 Å². The maximum atomic E-state index is 5.29. The van der Waals surface area contributed by atoms with Crippen molar-refractivity contribution in [1.29, 1.82) is 0 Å². The number of nitrogens with zero attached hydrogens (tertiary/aromatic N) is 4. The third kappa shape index (κ3) is 3.60. The molecule has 6 aromatic carbocycles. The number of hydrogen-bond acceptors (Lipinski definition) is 4. The van der Waals surface area contributed by atoms with Crippen molar-refractivity contribution in [3.63, 3.8) is 0 Å². The van der Waals surface area contributed by atoms with Gasteiger partial charge in [-0.05, 0) is 67.4 Å². The molecular weight excluding hydrogens is 585 g/mol. The highest BCUT2D eigenvalue weighted by Gasteiger charge is 2.36. The summed E-state index contributed by atoms with van der Waals surface area (Å²) in [4.78, 5) is 20.5. The molecule has 0 aliphatic heterocycles. The van der Waals surface area contributed by atoms with E-state index in [1.54, 1.807) is 0 Å². The lowest BCUT2D eigenvalue weighted by Gasteiger charge is -2.22. The summed E-state index contributed by atoms with van der Waals surface area (Å²) in [6.07, 6.45) is 3.95. The van der Waals surface area contributed by atoms with Gasteiger partial charge >= 0.3 is 0 Å². The van der Waals surface area contributed by atoms with E-state index in [4.69, 9.17) is 19.9 Å². The lowest BCUT2D eigenvalue weighted by atomic mass is 9.82. The summed E-state index contributed by atoms with van der Waals surface area (Å²) in [5, 5.41) is 4.19. The fourth-order valence-corrected chi connectivity index (χ4v) is 8.44. The Morgan fingerprint density at radius 3 is 1.25 bits per heavy atom. The smallest absolute Gasteiger partial charge is 0.159 e. The Morgan fingerprint density at radius 2 is 0.792 bits per heavy atom. The molecule has 0 N–H and O–H groups in total. The van der Waals surface area contributed by atoms with E-state index < -0.39 is 0 Å². The molecule has 0 bridgehead atoms. The van der Waals surface area contributed by atoms with Gasteiger partial charge in [-0.3, -0.25) is 0 Å². The molecule has 2 aromatic heterocycles. The van der Waals surface area contributed by atoms with Gasteiger partial charge in [0.05, 0.1) is 0 Å². The fraction of sp³-hybridized carbons (Fsp3) is 0.136. The van der Waals surface area contributed by atoms with Gasteiger partial charge in [-0.25, -0.2) is 19.9 Å². The molecule has 2 heterocycles. The molecule has 0 amide bonds. The molecule has 10 rings (SSSR count). The highest BCUT2D eigenvalue weighted by atomic mass is 14.9. The van der Waals surface area contributed by atoms with Gasteiger partial charge in [0, 0.05) is 45.1 Å². The zero-order valence-electron chi connectivity index (χ0n) is 27.3. The zero-order valence-corrected chi connectivity index (χ0v) is 27.3. The van der Waals surface area contributed by atoms with Crippen LogP contribution >= 0.6 is 0 Å². The first kappa shape index (κ1) is 27.4. The van der Waals surface area contributed by atoms with Crippen molar-refractivity contribution < 1.29 is 0 Å². The van der Waals surface area contributed by atoms with E-state index in [9.17, 15) is 0 Å². The topological polar surface area (TPSA) is 51.6 Å². The minimum absolute atomic E-state index is 0.102. The van der Waals surface area contributed by atoms with Crippen molar-refractivity contribution in [1.82, 2.24) is 19.9 Å². The fourth-order valence-electron chi connectivity index (χ4n) is 8.44. The molecule has 0 fully saturated rings. The van der Waals surface area contributed by atoms with Crippen LogP contribution in [0.15, 0.2) is 122 Å². The van der Waals surface area contributed by atoms with Gasteiger partial charge in [-0.2, -0.15) is 0 Å².